The van der Waals surface area contributed by atoms with Crippen molar-refractivity contribution in [1.82, 2.24) is 19.6 Å². The average Bonchev–Trinajstić information content (AvgIpc) is 3.18. The number of rotatable bonds is 6. The molecule has 0 saturated carbocycles. The van der Waals surface area contributed by atoms with Gasteiger partial charge >= 0.3 is 0 Å². The predicted octanol–water partition coefficient (Wildman–Crippen LogP) is 0.271. The number of aryl methyl sites for hydroxylation is 2. The molecule has 7 heteroatoms. The van der Waals surface area contributed by atoms with E-state index in [0.717, 1.165) is 43.9 Å². The largest absolute Gasteiger partial charge is 0.396 e. The van der Waals surface area contributed by atoms with Crippen molar-refractivity contribution >= 4 is 5.91 Å². The first-order chi connectivity index (χ1) is 12.5. The van der Waals surface area contributed by atoms with Gasteiger partial charge in [0.05, 0.1) is 5.69 Å². The number of hydrogen-bond acceptors (Lipinski definition) is 5. The zero-order valence-corrected chi connectivity index (χ0v) is 16.0. The third-order valence-electron chi connectivity index (χ3n) is 6.01. The fourth-order valence-electron chi connectivity index (χ4n) is 4.30. The highest BCUT2D eigenvalue weighted by Crippen LogP contribution is 2.26. The van der Waals surface area contributed by atoms with Crippen LogP contribution in [0.5, 0.6) is 0 Å². The number of aliphatic hydroxyl groups excluding tert-OH is 2. The van der Waals surface area contributed by atoms with Crippen LogP contribution in [0.3, 0.4) is 0 Å². The van der Waals surface area contributed by atoms with E-state index < -0.39 is 0 Å². The van der Waals surface area contributed by atoms with E-state index in [1.807, 2.05) is 24.8 Å². The molecule has 1 amide bonds. The lowest BCUT2D eigenvalue weighted by atomic mass is 9.93. The third kappa shape index (κ3) is 4.45. The summed E-state index contributed by atoms with van der Waals surface area (Å²) in [6.45, 7) is 8.84. The van der Waals surface area contributed by atoms with E-state index in [1.165, 1.54) is 0 Å². The van der Waals surface area contributed by atoms with Gasteiger partial charge in [0.2, 0.25) is 5.91 Å². The quantitative estimate of drug-likeness (QED) is 0.757. The van der Waals surface area contributed by atoms with E-state index in [1.54, 1.807) is 4.68 Å². The molecule has 3 heterocycles. The second-order valence-electron chi connectivity index (χ2n) is 8.01. The van der Waals surface area contributed by atoms with Gasteiger partial charge in [0, 0.05) is 44.5 Å². The molecule has 0 aromatic carbocycles. The molecule has 2 aliphatic heterocycles. The monoisotopic (exact) mass is 364 g/mol. The van der Waals surface area contributed by atoms with E-state index in [0.29, 0.717) is 24.9 Å². The Balaban J connectivity index is 1.54. The molecule has 3 rings (SSSR count). The number of nitrogens with zero attached hydrogens (tertiary/aromatic N) is 4. The second-order valence-corrected chi connectivity index (χ2v) is 8.01. The molecule has 2 fully saturated rings. The minimum Gasteiger partial charge on any atom is -0.396 e. The Morgan fingerprint density at radius 1 is 1.15 bits per heavy atom. The average molecular weight is 364 g/mol. The summed E-state index contributed by atoms with van der Waals surface area (Å²) in [5, 5.41) is 23.4. The molecule has 0 bridgehead atoms. The molecule has 2 aliphatic rings. The Hall–Kier alpha value is -1.44. The number of carbonyl (C=O) groups excluding carboxylic acids is 1. The number of aromatic nitrogens is 2. The number of piperidine rings is 1. The van der Waals surface area contributed by atoms with Gasteiger partial charge in [-0.1, -0.05) is 0 Å². The van der Waals surface area contributed by atoms with Gasteiger partial charge in [-0.05, 0) is 57.7 Å². The summed E-state index contributed by atoms with van der Waals surface area (Å²) in [5.74, 6) is 0.975. The lowest BCUT2D eigenvalue weighted by Gasteiger charge is -2.33. The van der Waals surface area contributed by atoms with E-state index in [9.17, 15) is 15.0 Å². The van der Waals surface area contributed by atoms with Crippen molar-refractivity contribution in [3.63, 3.8) is 0 Å². The standard InChI is InChI=1S/C19H32N4O3/c1-14-7-15(2)23(20-14)11-19(26)22-9-17(18(10-22)13-25)8-21-5-3-16(12-24)4-6-21/h7,16-18,24-25H,3-6,8-13H2,1-2H3/t17-,18-/m0/s1. The molecule has 1 aromatic heterocycles. The van der Waals surface area contributed by atoms with Crippen molar-refractivity contribution in [1.29, 1.82) is 0 Å². The third-order valence-corrected chi connectivity index (χ3v) is 6.01. The normalized spacial score (nSPS) is 25.2. The van der Waals surface area contributed by atoms with Crippen molar-refractivity contribution in [2.75, 3.05) is 45.9 Å². The van der Waals surface area contributed by atoms with Gasteiger partial charge in [-0.3, -0.25) is 9.48 Å². The van der Waals surface area contributed by atoms with Crippen molar-refractivity contribution in [3.8, 4) is 0 Å². The number of hydrogen-bond donors (Lipinski definition) is 2. The molecular weight excluding hydrogens is 332 g/mol. The zero-order valence-electron chi connectivity index (χ0n) is 16.0. The van der Waals surface area contributed by atoms with Gasteiger partial charge in [-0.25, -0.2) is 0 Å². The summed E-state index contributed by atoms with van der Waals surface area (Å²) in [6.07, 6.45) is 2.07. The Morgan fingerprint density at radius 2 is 1.85 bits per heavy atom. The Kier molecular flexibility index (Phi) is 6.32. The molecule has 0 unspecified atom stereocenters. The highest BCUT2D eigenvalue weighted by atomic mass is 16.3. The minimum absolute atomic E-state index is 0.0798. The van der Waals surface area contributed by atoms with Crippen molar-refractivity contribution < 1.29 is 15.0 Å². The van der Waals surface area contributed by atoms with Crippen molar-refractivity contribution in [2.45, 2.75) is 33.2 Å². The molecule has 26 heavy (non-hydrogen) atoms. The topological polar surface area (TPSA) is 81.8 Å². The van der Waals surface area contributed by atoms with Crippen LogP contribution in [-0.4, -0.2) is 81.6 Å². The van der Waals surface area contributed by atoms with E-state index in [4.69, 9.17) is 0 Å². The first-order valence-electron chi connectivity index (χ1n) is 9.73. The van der Waals surface area contributed by atoms with Crippen LogP contribution in [0.15, 0.2) is 6.07 Å². The van der Waals surface area contributed by atoms with Crippen LogP contribution in [0.25, 0.3) is 0 Å². The highest BCUT2D eigenvalue weighted by Gasteiger charge is 2.36. The van der Waals surface area contributed by atoms with E-state index in [-0.39, 0.29) is 31.6 Å². The second kappa shape index (κ2) is 8.50. The zero-order chi connectivity index (χ0) is 18.7. The number of carbonyl (C=O) groups is 1. The van der Waals surface area contributed by atoms with Gasteiger partial charge in [-0.15, -0.1) is 0 Å². The molecule has 146 valence electrons. The fraction of sp³-hybridized carbons (Fsp3) is 0.789. The van der Waals surface area contributed by atoms with Gasteiger partial charge in [0.25, 0.3) is 0 Å². The van der Waals surface area contributed by atoms with Crippen LogP contribution in [0, 0.1) is 31.6 Å². The number of amides is 1. The summed E-state index contributed by atoms with van der Waals surface area (Å²) in [6, 6.07) is 1.98. The molecule has 2 saturated heterocycles. The summed E-state index contributed by atoms with van der Waals surface area (Å²) in [5.41, 5.74) is 1.92. The van der Waals surface area contributed by atoms with Crippen LogP contribution in [0.1, 0.15) is 24.2 Å². The Labute approximate surface area is 155 Å². The summed E-state index contributed by atoms with van der Waals surface area (Å²) in [7, 11) is 0. The maximum absolute atomic E-state index is 12.7. The lowest BCUT2D eigenvalue weighted by Crippen LogP contribution is -2.40. The molecule has 0 radical (unpaired) electrons. The minimum atomic E-state index is 0.0798. The fourth-order valence-corrected chi connectivity index (χ4v) is 4.30. The van der Waals surface area contributed by atoms with E-state index >= 15 is 0 Å². The van der Waals surface area contributed by atoms with E-state index in [2.05, 4.69) is 10.00 Å². The molecule has 2 N–H and O–H groups in total. The van der Waals surface area contributed by atoms with Crippen LogP contribution < -0.4 is 0 Å². The summed E-state index contributed by atoms with van der Waals surface area (Å²) in [4.78, 5) is 17.0. The van der Waals surface area contributed by atoms with Crippen LogP contribution in [0.4, 0.5) is 0 Å². The van der Waals surface area contributed by atoms with Crippen molar-refractivity contribution in [2.24, 2.45) is 17.8 Å². The summed E-state index contributed by atoms with van der Waals surface area (Å²) < 4.78 is 1.76. The summed E-state index contributed by atoms with van der Waals surface area (Å²) >= 11 is 0. The number of likely N-dealkylation sites (tertiary alicyclic amines) is 2. The lowest BCUT2D eigenvalue weighted by molar-refractivity contribution is -0.131. The van der Waals surface area contributed by atoms with Gasteiger partial charge in [0.1, 0.15) is 6.54 Å². The highest BCUT2D eigenvalue weighted by molar-refractivity contribution is 5.76. The smallest absolute Gasteiger partial charge is 0.244 e. The maximum atomic E-state index is 12.7. The molecule has 7 nitrogen and oxygen atoms in total. The number of aliphatic hydroxyl groups is 2. The van der Waals surface area contributed by atoms with Crippen LogP contribution in [-0.2, 0) is 11.3 Å². The SMILES string of the molecule is Cc1cc(C)n(CC(=O)N2C[C@@H](CO)[C@@H](CN3CCC(CO)CC3)C2)n1. The predicted molar refractivity (Wildman–Crippen MR) is 98.6 cm³/mol. The molecule has 1 aromatic rings. The van der Waals surface area contributed by atoms with Crippen LogP contribution in [0.2, 0.25) is 0 Å². The molecule has 0 aliphatic carbocycles. The van der Waals surface area contributed by atoms with Crippen molar-refractivity contribution in [3.05, 3.63) is 17.5 Å². The van der Waals surface area contributed by atoms with Crippen LogP contribution >= 0.6 is 0 Å². The molecule has 0 spiro atoms. The first kappa shape index (κ1) is 19.3. The molecule has 2 atom stereocenters. The van der Waals surface area contributed by atoms with Gasteiger partial charge < -0.3 is 20.0 Å². The van der Waals surface area contributed by atoms with Gasteiger partial charge in [-0.2, -0.15) is 5.10 Å². The Bertz CT molecular complexity index is 610. The molecular formula is C19H32N4O3. The Morgan fingerprint density at radius 3 is 2.42 bits per heavy atom. The maximum Gasteiger partial charge on any atom is 0.244 e. The van der Waals surface area contributed by atoms with Gasteiger partial charge in [0.15, 0.2) is 0 Å². The first-order valence-corrected chi connectivity index (χ1v) is 9.73.